The highest BCUT2D eigenvalue weighted by atomic mass is 16.5. The van der Waals surface area contributed by atoms with Crippen molar-refractivity contribution in [2.45, 2.75) is 38.6 Å². The Labute approximate surface area is 120 Å². The number of aliphatic hydroxyl groups excluding tert-OH is 1. The molecular formula is C16H23NO3. The van der Waals surface area contributed by atoms with Gasteiger partial charge in [-0.15, -0.1) is 0 Å². The maximum Gasteiger partial charge on any atom is 0.254 e. The Morgan fingerprint density at radius 1 is 1.35 bits per heavy atom. The Morgan fingerprint density at radius 3 is 2.55 bits per heavy atom. The number of rotatable bonds is 7. The molecule has 0 saturated heterocycles. The Balaban J connectivity index is 2.02. The normalized spacial score (nSPS) is 14.7. The lowest BCUT2D eigenvalue weighted by Gasteiger charge is -2.37. The molecule has 0 radical (unpaired) electrons. The SMILES string of the molecule is CCCOc1ccc(C(=O)N(CCO)C2CCC2)cc1. The molecule has 2 rings (SSSR count). The number of nitrogens with zero attached hydrogens (tertiary/aromatic N) is 1. The maximum atomic E-state index is 12.5. The Hall–Kier alpha value is -1.55. The first-order valence-electron chi connectivity index (χ1n) is 7.41. The first-order valence-corrected chi connectivity index (χ1v) is 7.41. The van der Waals surface area contributed by atoms with Crippen LogP contribution in [0.25, 0.3) is 0 Å². The van der Waals surface area contributed by atoms with Crippen LogP contribution in [-0.4, -0.2) is 41.7 Å². The molecule has 1 amide bonds. The number of hydrogen-bond acceptors (Lipinski definition) is 3. The second-order valence-electron chi connectivity index (χ2n) is 5.18. The molecule has 0 atom stereocenters. The van der Waals surface area contributed by atoms with Crippen LogP contribution >= 0.6 is 0 Å². The van der Waals surface area contributed by atoms with Crippen molar-refractivity contribution in [3.05, 3.63) is 29.8 Å². The first-order chi connectivity index (χ1) is 9.76. The monoisotopic (exact) mass is 277 g/mol. The number of benzene rings is 1. The zero-order valence-electron chi connectivity index (χ0n) is 12.0. The molecule has 0 unspecified atom stereocenters. The van der Waals surface area contributed by atoms with E-state index >= 15 is 0 Å². The van der Waals surface area contributed by atoms with Gasteiger partial charge >= 0.3 is 0 Å². The van der Waals surface area contributed by atoms with Gasteiger partial charge in [-0.05, 0) is 49.9 Å². The summed E-state index contributed by atoms with van der Waals surface area (Å²) in [5.74, 6) is 0.798. The van der Waals surface area contributed by atoms with Gasteiger partial charge in [-0.2, -0.15) is 0 Å². The summed E-state index contributed by atoms with van der Waals surface area (Å²) in [6, 6.07) is 7.57. The van der Waals surface area contributed by atoms with Crippen LogP contribution < -0.4 is 4.74 Å². The number of ether oxygens (including phenoxy) is 1. The Kier molecular flexibility index (Phi) is 5.41. The van der Waals surface area contributed by atoms with Gasteiger partial charge in [-0.25, -0.2) is 0 Å². The topological polar surface area (TPSA) is 49.8 Å². The molecule has 0 spiro atoms. The van der Waals surface area contributed by atoms with Crippen LogP contribution in [0.2, 0.25) is 0 Å². The average molecular weight is 277 g/mol. The summed E-state index contributed by atoms with van der Waals surface area (Å²) >= 11 is 0. The summed E-state index contributed by atoms with van der Waals surface area (Å²) in [6.07, 6.45) is 4.23. The van der Waals surface area contributed by atoms with Crippen LogP contribution in [0.4, 0.5) is 0 Å². The predicted molar refractivity (Wildman–Crippen MR) is 78.0 cm³/mol. The lowest BCUT2D eigenvalue weighted by molar-refractivity contribution is 0.0526. The number of carbonyl (C=O) groups excluding carboxylic acids is 1. The maximum absolute atomic E-state index is 12.5. The average Bonchev–Trinajstić information content (AvgIpc) is 2.42. The summed E-state index contributed by atoms with van der Waals surface area (Å²) in [6.45, 7) is 3.17. The second kappa shape index (κ2) is 7.29. The molecular weight excluding hydrogens is 254 g/mol. The molecule has 1 fully saturated rings. The molecule has 4 heteroatoms. The summed E-state index contributed by atoms with van der Waals surface area (Å²) in [7, 11) is 0. The van der Waals surface area contributed by atoms with Gasteiger partial charge in [0, 0.05) is 18.2 Å². The minimum Gasteiger partial charge on any atom is -0.494 e. The van der Waals surface area contributed by atoms with E-state index in [1.807, 2.05) is 12.1 Å². The van der Waals surface area contributed by atoms with Crippen LogP contribution in [0.1, 0.15) is 43.0 Å². The van der Waals surface area contributed by atoms with Gasteiger partial charge < -0.3 is 14.7 Å². The van der Waals surface area contributed by atoms with Crippen molar-refractivity contribution in [3.8, 4) is 5.75 Å². The summed E-state index contributed by atoms with van der Waals surface area (Å²) in [4.78, 5) is 14.3. The lowest BCUT2D eigenvalue weighted by Crippen LogP contribution is -2.45. The third-order valence-corrected chi connectivity index (χ3v) is 3.69. The van der Waals surface area contributed by atoms with Crippen LogP contribution in [0.15, 0.2) is 24.3 Å². The zero-order valence-corrected chi connectivity index (χ0v) is 12.0. The fourth-order valence-electron chi connectivity index (χ4n) is 2.34. The van der Waals surface area contributed by atoms with E-state index in [-0.39, 0.29) is 12.5 Å². The van der Waals surface area contributed by atoms with Gasteiger partial charge in [0.05, 0.1) is 13.2 Å². The Bertz CT molecular complexity index is 426. The molecule has 1 aromatic carbocycles. The molecule has 0 aliphatic heterocycles. The molecule has 110 valence electrons. The van der Waals surface area contributed by atoms with Gasteiger partial charge in [0.15, 0.2) is 0 Å². The van der Waals surface area contributed by atoms with E-state index in [2.05, 4.69) is 6.92 Å². The number of carbonyl (C=O) groups is 1. The molecule has 0 aromatic heterocycles. The Morgan fingerprint density at radius 2 is 2.05 bits per heavy atom. The van der Waals surface area contributed by atoms with Crippen LogP contribution in [-0.2, 0) is 0 Å². The van der Waals surface area contributed by atoms with Gasteiger partial charge in [-0.3, -0.25) is 4.79 Å². The molecule has 0 heterocycles. The van der Waals surface area contributed by atoms with Crippen molar-refractivity contribution in [1.82, 2.24) is 4.90 Å². The summed E-state index contributed by atoms with van der Waals surface area (Å²) in [5.41, 5.74) is 0.661. The van der Waals surface area contributed by atoms with Crippen molar-refractivity contribution in [3.63, 3.8) is 0 Å². The molecule has 1 aromatic rings. The highest BCUT2D eigenvalue weighted by Gasteiger charge is 2.28. The largest absolute Gasteiger partial charge is 0.494 e. The smallest absolute Gasteiger partial charge is 0.254 e. The van der Waals surface area contributed by atoms with Crippen LogP contribution in [0.5, 0.6) is 5.75 Å². The first kappa shape index (κ1) is 14.9. The fourth-order valence-corrected chi connectivity index (χ4v) is 2.34. The number of hydrogen-bond donors (Lipinski definition) is 1. The van der Waals surface area contributed by atoms with Crippen molar-refractivity contribution in [1.29, 1.82) is 0 Å². The van der Waals surface area contributed by atoms with Gasteiger partial charge in [0.1, 0.15) is 5.75 Å². The molecule has 0 bridgehead atoms. The minimum absolute atomic E-state index is 0.00536. The van der Waals surface area contributed by atoms with Crippen LogP contribution in [0, 0.1) is 0 Å². The van der Waals surface area contributed by atoms with Crippen LogP contribution in [0.3, 0.4) is 0 Å². The standard InChI is InChI=1S/C16H23NO3/c1-2-12-20-15-8-6-13(7-9-15)16(19)17(10-11-18)14-4-3-5-14/h6-9,14,18H,2-5,10-12H2,1H3. The molecule has 1 aliphatic rings. The van der Waals surface area contributed by atoms with E-state index in [1.165, 1.54) is 6.42 Å². The fraction of sp³-hybridized carbons (Fsp3) is 0.562. The van der Waals surface area contributed by atoms with E-state index in [1.54, 1.807) is 17.0 Å². The molecule has 1 N–H and O–H groups in total. The quantitative estimate of drug-likeness (QED) is 0.833. The van der Waals surface area contributed by atoms with Crippen molar-refractivity contribution >= 4 is 5.91 Å². The van der Waals surface area contributed by atoms with Gasteiger partial charge in [0.2, 0.25) is 0 Å². The van der Waals surface area contributed by atoms with Crippen molar-refractivity contribution in [2.75, 3.05) is 19.8 Å². The molecule has 4 nitrogen and oxygen atoms in total. The van der Waals surface area contributed by atoms with Crippen molar-refractivity contribution in [2.24, 2.45) is 0 Å². The van der Waals surface area contributed by atoms with Crippen molar-refractivity contribution < 1.29 is 14.6 Å². The predicted octanol–water partition coefficient (Wildman–Crippen LogP) is 2.46. The highest BCUT2D eigenvalue weighted by molar-refractivity contribution is 5.94. The third-order valence-electron chi connectivity index (χ3n) is 3.69. The minimum atomic E-state index is 0.00536. The van der Waals surface area contributed by atoms with E-state index in [0.29, 0.717) is 24.8 Å². The molecule has 1 aliphatic carbocycles. The van der Waals surface area contributed by atoms with E-state index < -0.39 is 0 Å². The van der Waals surface area contributed by atoms with E-state index in [4.69, 9.17) is 9.84 Å². The second-order valence-corrected chi connectivity index (χ2v) is 5.18. The number of aliphatic hydroxyl groups is 1. The van der Waals surface area contributed by atoms with E-state index in [9.17, 15) is 4.79 Å². The lowest BCUT2D eigenvalue weighted by atomic mass is 9.91. The summed E-state index contributed by atoms with van der Waals surface area (Å²) < 4.78 is 5.51. The molecule has 20 heavy (non-hydrogen) atoms. The van der Waals surface area contributed by atoms with E-state index in [0.717, 1.165) is 25.0 Å². The third kappa shape index (κ3) is 3.51. The summed E-state index contributed by atoms with van der Waals surface area (Å²) in [5, 5.41) is 9.13. The van der Waals surface area contributed by atoms with Gasteiger partial charge in [0.25, 0.3) is 5.91 Å². The zero-order chi connectivity index (χ0) is 14.4. The number of amides is 1. The van der Waals surface area contributed by atoms with Gasteiger partial charge in [-0.1, -0.05) is 6.92 Å². The highest BCUT2D eigenvalue weighted by Crippen LogP contribution is 2.26. The molecule has 1 saturated carbocycles.